The van der Waals surface area contributed by atoms with E-state index in [4.69, 9.17) is 9.90 Å². The number of nitrogens with one attached hydrogen (secondary N) is 2. The maximum absolute atomic E-state index is 13.4. The Bertz CT molecular complexity index is 1300. The molecule has 3 aliphatic heterocycles. The number of nitrogens with zero attached hydrogens (tertiary/aromatic N) is 3. The molecule has 1 aromatic carbocycles. The Balaban J connectivity index is 0.000000517. The Kier molecular flexibility index (Phi) is 10.7. The molecule has 2 aromatic rings. The summed E-state index contributed by atoms with van der Waals surface area (Å²) in [6, 6.07) is 9.36. The Hall–Kier alpha value is -2.88. The smallest absolute Gasteiger partial charge is 0.475 e. The minimum atomic E-state index is -5.08. The van der Waals surface area contributed by atoms with Gasteiger partial charge >= 0.3 is 12.1 Å². The van der Waals surface area contributed by atoms with Gasteiger partial charge in [0.1, 0.15) is 4.21 Å². The van der Waals surface area contributed by atoms with E-state index in [0.717, 1.165) is 57.8 Å². The molecule has 3 aliphatic rings. The van der Waals surface area contributed by atoms with E-state index >= 15 is 0 Å². The summed E-state index contributed by atoms with van der Waals surface area (Å²) in [6.07, 6.45) is 0.812. The number of likely N-dealkylation sites (tertiary alicyclic amines) is 2. The van der Waals surface area contributed by atoms with Crippen LogP contribution >= 0.6 is 11.3 Å². The zero-order valence-electron chi connectivity index (χ0n) is 23.1. The van der Waals surface area contributed by atoms with Crippen LogP contribution in [-0.4, -0.2) is 99.8 Å². The second-order valence-electron chi connectivity index (χ2n) is 10.4. The first-order valence-electron chi connectivity index (χ1n) is 13.9. The zero-order chi connectivity index (χ0) is 30.3. The highest BCUT2D eigenvalue weighted by molar-refractivity contribution is 7.94. The van der Waals surface area contributed by atoms with Crippen molar-refractivity contribution in [3.63, 3.8) is 0 Å². The van der Waals surface area contributed by atoms with Crippen LogP contribution in [0.1, 0.15) is 42.5 Å². The topological polar surface area (TPSA) is 122 Å². The molecule has 42 heavy (non-hydrogen) atoms. The van der Waals surface area contributed by atoms with Crippen molar-refractivity contribution in [3.8, 4) is 0 Å². The number of piperazine rings is 1. The van der Waals surface area contributed by atoms with Gasteiger partial charge < -0.3 is 25.1 Å². The van der Waals surface area contributed by atoms with E-state index in [1.807, 2.05) is 17.0 Å². The van der Waals surface area contributed by atoms with Gasteiger partial charge in [-0.3, -0.25) is 9.52 Å². The second kappa shape index (κ2) is 14.1. The number of carbonyl (C=O) groups excluding carboxylic acids is 1. The Labute approximate surface area is 247 Å². The fourth-order valence-electron chi connectivity index (χ4n) is 5.44. The molecule has 0 radical (unpaired) electrons. The van der Waals surface area contributed by atoms with Crippen molar-refractivity contribution in [2.24, 2.45) is 0 Å². The number of carbonyl (C=O) groups is 2. The zero-order valence-corrected chi connectivity index (χ0v) is 24.7. The second-order valence-corrected chi connectivity index (χ2v) is 13.3. The van der Waals surface area contributed by atoms with Crippen LogP contribution in [-0.2, 0) is 14.8 Å². The summed E-state index contributed by atoms with van der Waals surface area (Å²) in [7, 11) is -3.72. The van der Waals surface area contributed by atoms with Crippen LogP contribution in [0.4, 0.5) is 24.5 Å². The molecule has 3 fully saturated rings. The van der Waals surface area contributed by atoms with Crippen molar-refractivity contribution in [2.75, 3.05) is 62.0 Å². The number of halogens is 3. The highest BCUT2D eigenvalue weighted by atomic mass is 32.2. The van der Waals surface area contributed by atoms with Crippen molar-refractivity contribution in [2.45, 2.75) is 48.5 Å². The third-order valence-corrected chi connectivity index (χ3v) is 10.4. The Morgan fingerprint density at radius 3 is 2.19 bits per heavy atom. The normalized spacial score (nSPS) is 19.1. The molecule has 1 aromatic heterocycles. The number of carboxylic acids is 1. The molecule has 3 saturated heterocycles. The van der Waals surface area contributed by atoms with Crippen molar-refractivity contribution in [1.29, 1.82) is 0 Å². The van der Waals surface area contributed by atoms with Gasteiger partial charge in [0, 0.05) is 50.9 Å². The van der Waals surface area contributed by atoms with E-state index in [1.165, 1.54) is 43.7 Å². The van der Waals surface area contributed by atoms with Crippen molar-refractivity contribution < 1.29 is 36.3 Å². The largest absolute Gasteiger partial charge is 0.490 e. The average Bonchev–Trinajstić information content (AvgIpc) is 3.54. The fraction of sp³-hybridized carbons (Fsp3) is 0.556. The predicted octanol–water partition coefficient (Wildman–Crippen LogP) is 3.68. The lowest BCUT2D eigenvalue weighted by Gasteiger charge is -2.40. The molecular weight excluding hydrogens is 595 g/mol. The molecular formula is C27H36F3N5O5S2. The third kappa shape index (κ3) is 8.36. The molecule has 232 valence electrons. The molecule has 0 aliphatic carbocycles. The average molecular weight is 632 g/mol. The number of alkyl halides is 3. The summed E-state index contributed by atoms with van der Waals surface area (Å²) in [5, 5.41) is 12.2. The van der Waals surface area contributed by atoms with Crippen LogP contribution in [0, 0.1) is 0 Å². The summed E-state index contributed by atoms with van der Waals surface area (Å²) >= 11 is 1.18. The lowest BCUT2D eigenvalue weighted by atomic mass is 9.99. The molecule has 0 saturated carbocycles. The SMILES string of the molecule is O=C(O)C(F)(F)F.O=C(c1ccc(N2CCNCC2)c(NS(=O)(=O)c2cccs2)c1)N1CCC(N2CCCCC2)CC1. The summed E-state index contributed by atoms with van der Waals surface area (Å²) in [5.74, 6) is -2.78. The van der Waals surface area contributed by atoms with Gasteiger partial charge in [0.25, 0.3) is 15.9 Å². The predicted molar refractivity (Wildman–Crippen MR) is 155 cm³/mol. The molecule has 4 heterocycles. The molecule has 10 nitrogen and oxygen atoms in total. The first-order chi connectivity index (χ1) is 20.0. The van der Waals surface area contributed by atoms with E-state index in [0.29, 0.717) is 17.3 Å². The number of thiophene rings is 1. The molecule has 0 spiro atoms. The van der Waals surface area contributed by atoms with Crippen LogP contribution in [0.5, 0.6) is 0 Å². The number of hydrogen-bond acceptors (Lipinski definition) is 8. The van der Waals surface area contributed by atoms with E-state index in [2.05, 4.69) is 19.8 Å². The first-order valence-corrected chi connectivity index (χ1v) is 16.3. The lowest BCUT2D eigenvalue weighted by molar-refractivity contribution is -0.192. The minimum Gasteiger partial charge on any atom is -0.475 e. The fourth-order valence-corrected chi connectivity index (χ4v) is 7.50. The quantitative estimate of drug-likeness (QED) is 0.442. The van der Waals surface area contributed by atoms with Crippen LogP contribution in [0.15, 0.2) is 39.9 Å². The Morgan fingerprint density at radius 1 is 0.976 bits per heavy atom. The number of aliphatic carboxylic acids is 1. The number of rotatable bonds is 6. The van der Waals surface area contributed by atoms with E-state index in [1.54, 1.807) is 23.6 Å². The van der Waals surface area contributed by atoms with Crippen molar-refractivity contribution in [3.05, 3.63) is 41.3 Å². The summed E-state index contributed by atoms with van der Waals surface area (Å²) in [4.78, 5) is 29.0. The summed E-state index contributed by atoms with van der Waals surface area (Å²) < 4.78 is 60.8. The molecule has 1 amide bonds. The van der Waals surface area contributed by atoms with Gasteiger partial charge in [-0.2, -0.15) is 13.2 Å². The molecule has 0 unspecified atom stereocenters. The lowest BCUT2D eigenvalue weighted by Crippen LogP contribution is -2.48. The van der Waals surface area contributed by atoms with Gasteiger partial charge in [0.2, 0.25) is 0 Å². The van der Waals surface area contributed by atoms with E-state index < -0.39 is 22.2 Å². The third-order valence-electron chi connectivity index (χ3n) is 7.61. The molecule has 15 heteroatoms. The van der Waals surface area contributed by atoms with Crippen LogP contribution in [0.2, 0.25) is 0 Å². The standard InChI is InChI=1S/C25H35N5O3S2.C2HF3O2/c31-25(30-14-8-21(9-15-30)28-12-2-1-3-13-28)20-6-7-23(29-16-10-26-11-17-29)22(19-20)27-35(32,33)24-5-4-18-34-24;3-2(4,5)1(6)7/h4-7,18-19,21,26-27H,1-3,8-17H2;(H,6,7). The van der Waals surface area contributed by atoms with Crippen molar-refractivity contribution in [1.82, 2.24) is 15.1 Å². The van der Waals surface area contributed by atoms with Gasteiger partial charge in [0.05, 0.1) is 11.4 Å². The van der Waals surface area contributed by atoms with Crippen LogP contribution < -0.4 is 14.9 Å². The molecule has 0 bridgehead atoms. The highest BCUT2D eigenvalue weighted by Gasteiger charge is 2.38. The van der Waals surface area contributed by atoms with Gasteiger partial charge in [-0.25, -0.2) is 13.2 Å². The number of benzene rings is 1. The van der Waals surface area contributed by atoms with Gasteiger partial charge in [0.15, 0.2) is 0 Å². The minimum absolute atomic E-state index is 0.0227. The number of anilines is 2. The first kappa shape index (κ1) is 32.0. The Morgan fingerprint density at radius 2 is 1.62 bits per heavy atom. The van der Waals surface area contributed by atoms with Crippen molar-refractivity contribution >= 4 is 44.6 Å². The van der Waals surface area contributed by atoms with Gasteiger partial charge in [-0.05, 0) is 68.4 Å². The van der Waals surface area contributed by atoms with Crippen LogP contribution in [0.3, 0.4) is 0 Å². The maximum Gasteiger partial charge on any atom is 0.490 e. The summed E-state index contributed by atoms with van der Waals surface area (Å²) in [5.41, 5.74) is 1.81. The molecule has 3 N–H and O–H groups in total. The number of hydrogen-bond donors (Lipinski definition) is 3. The van der Waals surface area contributed by atoms with Gasteiger partial charge in [-0.1, -0.05) is 12.5 Å². The van der Waals surface area contributed by atoms with E-state index in [-0.39, 0.29) is 10.1 Å². The number of piperidine rings is 2. The monoisotopic (exact) mass is 631 g/mol. The molecule has 0 atom stereocenters. The summed E-state index contributed by atoms with van der Waals surface area (Å²) in [6.45, 7) is 7.09. The van der Waals surface area contributed by atoms with Crippen LogP contribution in [0.25, 0.3) is 0 Å². The van der Waals surface area contributed by atoms with E-state index in [9.17, 15) is 26.4 Å². The number of sulfonamides is 1. The number of carboxylic acid groups (broad SMARTS) is 1. The molecule has 5 rings (SSSR count). The van der Waals surface area contributed by atoms with Gasteiger partial charge in [-0.15, -0.1) is 11.3 Å². The number of amides is 1. The maximum atomic E-state index is 13.4. The highest BCUT2D eigenvalue weighted by Crippen LogP contribution is 2.32.